The minimum Gasteiger partial charge on any atom is -0.329 e. The van der Waals surface area contributed by atoms with Crippen LogP contribution in [0.15, 0.2) is 0 Å². The number of likely N-dealkylation sites (N-methyl/N-ethyl adjacent to an activating group) is 1. The lowest BCUT2D eigenvalue weighted by Gasteiger charge is -2.12. The molecule has 0 radical (unpaired) electrons. The summed E-state index contributed by atoms with van der Waals surface area (Å²) in [5.41, 5.74) is 0. The number of nitrogens with one attached hydrogen (secondary N) is 1. The van der Waals surface area contributed by atoms with Gasteiger partial charge in [0.25, 0.3) is 0 Å². The third kappa shape index (κ3) is 1.78. The second-order valence-electron chi connectivity index (χ2n) is 3.49. The molecule has 1 aliphatic rings. The highest BCUT2D eigenvalue weighted by atomic mass is 16.2. The van der Waals surface area contributed by atoms with Crippen LogP contribution in [0, 0.1) is 0 Å². The summed E-state index contributed by atoms with van der Waals surface area (Å²) < 4.78 is 0. The number of amides is 1. The predicted molar refractivity (Wildman–Crippen MR) is 48.7 cm³/mol. The molecular formula is C9H18N2O. The average molecular weight is 170 g/mol. The lowest BCUT2D eigenvalue weighted by atomic mass is 10.1. The van der Waals surface area contributed by atoms with Crippen LogP contribution in [0.3, 0.4) is 0 Å². The lowest BCUT2D eigenvalue weighted by molar-refractivity contribution is -0.128. The Labute approximate surface area is 74.1 Å². The summed E-state index contributed by atoms with van der Waals surface area (Å²) >= 11 is 0. The smallest absolute Gasteiger partial charge is 0.240 e. The molecule has 2 atom stereocenters. The van der Waals surface area contributed by atoms with Gasteiger partial charge in [0, 0.05) is 7.05 Å². The maximum absolute atomic E-state index is 11.5. The van der Waals surface area contributed by atoms with Crippen molar-refractivity contribution >= 4 is 5.91 Å². The van der Waals surface area contributed by atoms with Gasteiger partial charge in [0.2, 0.25) is 5.91 Å². The van der Waals surface area contributed by atoms with E-state index in [0.29, 0.717) is 0 Å². The van der Waals surface area contributed by atoms with E-state index in [0.717, 1.165) is 19.3 Å². The first-order valence-electron chi connectivity index (χ1n) is 4.69. The van der Waals surface area contributed by atoms with Gasteiger partial charge in [-0.3, -0.25) is 10.1 Å². The Balaban J connectivity index is 2.42. The van der Waals surface area contributed by atoms with Crippen molar-refractivity contribution < 1.29 is 4.79 Å². The number of rotatable bonds is 3. The molecule has 70 valence electrons. The van der Waals surface area contributed by atoms with Crippen molar-refractivity contribution in [2.45, 2.75) is 45.3 Å². The first-order valence-corrected chi connectivity index (χ1v) is 4.69. The van der Waals surface area contributed by atoms with E-state index in [4.69, 9.17) is 0 Å². The van der Waals surface area contributed by atoms with Crippen molar-refractivity contribution in [3.8, 4) is 0 Å². The Hall–Kier alpha value is -0.570. The SMILES string of the molecule is CCCCC1NC(C)N(C)C1=O. The summed E-state index contributed by atoms with van der Waals surface area (Å²) in [5.74, 6) is 0.246. The quantitative estimate of drug-likeness (QED) is 0.684. The molecule has 1 fully saturated rings. The fourth-order valence-electron chi connectivity index (χ4n) is 1.53. The van der Waals surface area contributed by atoms with E-state index in [1.807, 2.05) is 14.0 Å². The van der Waals surface area contributed by atoms with E-state index in [2.05, 4.69) is 12.2 Å². The Morgan fingerprint density at radius 3 is 2.67 bits per heavy atom. The standard InChI is InChI=1S/C9H18N2O/c1-4-5-6-8-9(12)11(3)7(2)10-8/h7-8,10H,4-6H2,1-3H3. The van der Waals surface area contributed by atoms with Gasteiger partial charge in [0.1, 0.15) is 0 Å². The topological polar surface area (TPSA) is 32.3 Å². The van der Waals surface area contributed by atoms with Gasteiger partial charge in [0.15, 0.2) is 0 Å². The van der Waals surface area contributed by atoms with E-state index in [-0.39, 0.29) is 18.1 Å². The van der Waals surface area contributed by atoms with Crippen LogP contribution in [0.4, 0.5) is 0 Å². The molecule has 0 aromatic heterocycles. The zero-order valence-electron chi connectivity index (χ0n) is 8.13. The van der Waals surface area contributed by atoms with Crippen LogP contribution in [0.1, 0.15) is 33.1 Å². The monoisotopic (exact) mass is 170 g/mol. The molecule has 1 heterocycles. The molecule has 12 heavy (non-hydrogen) atoms. The van der Waals surface area contributed by atoms with Gasteiger partial charge in [-0.25, -0.2) is 0 Å². The van der Waals surface area contributed by atoms with Gasteiger partial charge in [-0.2, -0.15) is 0 Å². The molecule has 0 aromatic carbocycles. The second kappa shape index (κ2) is 3.90. The molecule has 3 heteroatoms. The molecule has 1 rings (SSSR count). The van der Waals surface area contributed by atoms with Gasteiger partial charge in [-0.05, 0) is 13.3 Å². The van der Waals surface area contributed by atoms with Crippen molar-refractivity contribution in [1.82, 2.24) is 10.2 Å². The van der Waals surface area contributed by atoms with Gasteiger partial charge in [-0.15, -0.1) is 0 Å². The summed E-state index contributed by atoms with van der Waals surface area (Å²) in [5, 5.41) is 3.26. The van der Waals surface area contributed by atoms with Crippen LogP contribution < -0.4 is 5.32 Å². The number of carbonyl (C=O) groups excluding carboxylic acids is 1. The van der Waals surface area contributed by atoms with Crippen LogP contribution in [0.5, 0.6) is 0 Å². The molecule has 0 saturated carbocycles. The molecule has 0 aliphatic carbocycles. The van der Waals surface area contributed by atoms with E-state index in [9.17, 15) is 4.79 Å². The molecule has 0 bridgehead atoms. The highest BCUT2D eigenvalue weighted by Crippen LogP contribution is 2.12. The zero-order valence-corrected chi connectivity index (χ0v) is 8.13. The molecular weight excluding hydrogens is 152 g/mol. The van der Waals surface area contributed by atoms with Crippen LogP contribution in [-0.2, 0) is 4.79 Å². The van der Waals surface area contributed by atoms with Gasteiger partial charge < -0.3 is 4.90 Å². The molecule has 1 N–H and O–H groups in total. The van der Waals surface area contributed by atoms with Crippen molar-refractivity contribution in [1.29, 1.82) is 0 Å². The summed E-state index contributed by atoms with van der Waals surface area (Å²) in [6, 6.07) is 0.0740. The third-order valence-electron chi connectivity index (χ3n) is 2.52. The van der Waals surface area contributed by atoms with Gasteiger partial charge >= 0.3 is 0 Å². The molecule has 1 aliphatic heterocycles. The van der Waals surface area contributed by atoms with E-state index < -0.39 is 0 Å². The number of hydrogen-bond acceptors (Lipinski definition) is 2. The normalized spacial score (nSPS) is 29.9. The van der Waals surface area contributed by atoms with Crippen LogP contribution >= 0.6 is 0 Å². The Morgan fingerprint density at radius 2 is 2.25 bits per heavy atom. The fourth-order valence-corrected chi connectivity index (χ4v) is 1.53. The first kappa shape index (κ1) is 9.52. The average Bonchev–Trinajstić information content (AvgIpc) is 2.30. The molecule has 2 unspecified atom stereocenters. The Bertz CT molecular complexity index is 170. The van der Waals surface area contributed by atoms with Crippen LogP contribution in [-0.4, -0.2) is 30.1 Å². The minimum absolute atomic E-state index is 0.0740. The largest absolute Gasteiger partial charge is 0.329 e. The van der Waals surface area contributed by atoms with Crippen LogP contribution in [0.2, 0.25) is 0 Å². The highest BCUT2D eigenvalue weighted by molar-refractivity contribution is 5.83. The third-order valence-corrected chi connectivity index (χ3v) is 2.52. The van der Waals surface area contributed by atoms with E-state index >= 15 is 0 Å². The van der Waals surface area contributed by atoms with Crippen molar-refractivity contribution in [3.63, 3.8) is 0 Å². The second-order valence-corrected chi connectivity index (χ2v) is 3.49. The summed E-state index contributed by atoms with van der Waals surface area (Å²) in [6.45, 7) is 4.16. The maximum atomic E-state index is 11.5. The van der Waals surface area contributed by atoms with Gasteiger partial charge in [0.05, 0.1) is 12.2 Å². The first-order chi connectivity index (χ1) is 5.66. The number of carbonyl (C=O) groups is 1. The Kier molecular flexibility index (Phi) is 3.09. The number of unbranched alkanes of at least 4 members (excludes halogenated alkanes) is 1. The summed E-state index contributed by atoms with van der Waals surface area (Å²) in [4.78, 5) is 13.3. The predicted octanol–water partition coefficient (Wildman–Crippen LogP) is 0.953. The zero-order chi connectivity index (χ0) is 9.14. The summed E-state index contributed by atoms with van der Waals surface area (Å²) in [6.07, 6.45) is 3.47. The molecule has 0 aromatic rings. The molecule has 1 amide bonds. The van der Waals surface area contributed by atoms with Crippen molar-refractivity contribution in [2.75, 3.05) is 7.05 Å². The number of hydrogen-bond donors (Lipinski definition) is 1. The lowest BCUT2D eigenvalue weighted by Crippen LogP contribution is -2.31. The van der Waals surface area contributed by atoms with Crippen molar-refractivity contribution in [3.05, 3.63) is 0 Å². The van der Waals surface area contributed by atoms with E-state index in [1.54, 1.807) is 4.90 Å². The number of nitrogens with zero attached hydrogens (tertiary/aromatic N) is 1. The summed E-state index contributed by atoms with van der Waals surface area (Å²) in [7, 11) is 1.85. The molecule has 3 nitrogen and oxygen atoms in total. The van der Waals surface area contributed by atoms with Crippen LogP contribution in [0.25, 0.3) is 0 Å². The molecule has 0 spiro atoms. The maximum Gasteiger partial charge on any atom is 0.240 e. The highest BCUT2D eigenvalue weighted by Gasteiger charge is 2.32. The van der Waals surface area contributed by atoms with Gasteiger partial charge in [-0.1, -0.05) is 19.8 Å². The van der Waals surface area contributed by atoms with E-state index in [1.165, 1.54) is 0 Å². The minimum atomic E-state index is 0.0740. The molecule has 1 saturated heterocycles. The fraction of sp³-hybridized carbons (Fsp3) is 0.889. The van der Waals surface area contributed by atoms with Crippen molar-refractivity contribution in [2.24, 2.45) is 0 Å². The Morgan fingerprint density at radius 1 is 1.58 bits per heavy atom.